The summed E-state index contributed by atoms with van der Waals surface area (Å²) in [5.41, 5.74) is 4.10. The van der Waals surface area contributed by atoms with Crippen LogP contribution >= 0.6 is 11.3 Å². The molecule has 5 heteroatoms. The second-order valence-electron chi connectivity index (χ2n) is 6.94. The zero-order valence-corrected chi connectivity index (χ0v) is 17.3. The third-order valence-corrected chi connectivity index (χ3v) is 5.81. The molecule has 0 aliphatic heterocycles. The quantitative estimate of drug-likeness (QED) is 0.426. The fourth-order valence-electron chi connectivity index (χ4n) is 3.15. The maximum atomic E-state index is 13.2. The number of ether oxygens (including phenoxy) is 1. The van der Waals surface area contributed by atoms with Crippen molar-refractivity contribution in [1.29, 1.82) is 0 Å². The molecule has 0 saturated carbocycles. The van der Waals surface area contributed by atoms with Crippen LogP contribution in [0.2, 0.25) is 0 Å². The molecule has 4 nitrogen and oxygen atoms in total. The number of aryl methyl sites for hydroxylation is 2. The van der Waals surface area contributed by atoms with Gasteiger partial charge in [-0.15, -0.1) is 0 Å². The van der Waals surface area contributed by atoms with Crippen LogP contribution in [0.4, 0.5) is 5.13 Å². The number of thiazole rings is 1. The summed E-state index contributed by atoms with van der Waals surface area (Å²) in [6.45, 7) is 4.43. The number of rotatable bonds is 6. The summed E-state index contributed by atoms with van der Waals surface area (Å²) in [7, 11) is 0. The van der Waals surface area contributed by atoms with Crippen LogP contribution in [0.3, 0.4) is 0 Å². The summed E-state index contributed by atoms with van der Waals surface area (Å²) in [6.07, 6.45) is 0. The highest BCUT2D eigenvalue weighted by molar-refractivity contribution is 7.22. The minimum atomic E-state index is -0.117. The maximum Gasteiger partial charge on any atom is 0.267 e. The van der Waals surface area contributed by atoms with E-state index in [1.807, 2.05) is 86.6 Å². The van der Waals surface area contributed by atoms with E-state index in [1.54, 1.807) is 4.90 Å². The Morgan fingerprint density at radius 2 is 1.66 bits per heavy atom. The van der Waals surface area contributed by atoms with Crippen molar-refractivity contribution in [3.63, 3.8) is 0 Å². The van der Waals surface area contributed by atoms with Gasteiger partial charge in [0.05, 0.1) is 16.8 Å². The van der Waals surface area contributed by atoms with Gasteiger partial charge in [0.15, 0.2) is 11.7 Å². The van der Waals surface area contributed by atoms with Crippen LogP contribution in [0.5, 0.6) is 5.75 Å². The summed E-state index contributed by atoms with van der Waals surface area (Å²) in [6, 6.07) is 23.8. The topological polar surface area (TPSA) is 42.4 Å². The fourth-order valence-corrected chi connectivity index (χ4v) is 4.21. The molecule has 3 aromatic carbocycles. The highest BCUT2D eigenvalue weighted by Gasteiger charge is 2.21. The lowest BCUT2D eigenvalue weighted by atomic mass is 10.2. The third-order valence-electron chi connectivity index (χ3n) is 4.77. The van der Waals surface area contributed by atoms with Crippen LogP contribution in [0.15, 0.2) is 72.8 Å². The molecular formula is C24H22N2O2S. The second-order valence-corrected chi connectivity index (χ2v) is 7.95. The van der Waals surface area contributed by atoms with E-state index < -0.39 is 0 Å². The number of anilines is 1. The van der Waals surface area contributed by atoms with Crippen molar-refractivity contribution >= 4 is 32.6 Å². The highest BCUT2D eigenvalue weighted by Crippen LogP contribution is 2.31. The van der Waals surface area contributed by atoms with Crippen molar-refractivity contribution < 1.29 is 9.53 Å². The van der Waals surface area contributed by atoms with E-state index in [1.165, 1.54) is 11.3 Å². The molecule has 4 rings (SSSR count). The number of nitrogens with zero attached hydrogens (tertiary/aromatic N) is 2. The minimum Gasteiger partial charge on any atom is -0.483 e. The molecule has 4 aromatic rings. The van der Waals surface area contributed by atoms with Gasteiger partial charge in [0, 0.05) is 0 Å². The minimum absolute atomic E-state index is 0.0351. The molecule has 1 amide bonds. The molecule has 0 unspecified atom stereocenters. The first-order valence-corrected chi connectivity index (χ1v) is 10.3. The van der Waals surface area contributed by atoms with Gasteiger partial charge in [-0.2, -0.15) is 0 Å². The van der Waals surface area contributed by atoms with Crippen molar-refractivity contribution in [3.8, 4) is 5.75 Å². The van der Waals surface area contributed by atoms with E-state index in [0.29, 0.717) is 11.7 Å². The van der Waals surface area contributed by atoms with Gasteiger partial charge >= 0.3 is 0 Å². The molecule has 0 saturated heterocycles. The predicted octanol–water partition coefficient (Wildman–Crippen LogP) is 5.53. The van der Waals surface area contributed by atoms with Gasteiger partial charge in [-0.25, -0.2) is 4.98 Å². The summed E-state index contributed by atoms with van der Waals surface area (Å²) in [5.74, 6) is 0.606. The molecule has 0 aliphatic rings. The first-order chi connectivity index (χ1) is 14.1. The summed E-state index contributed by atoms with van der Waals surface area (Å²) >= 11 is 1.53. The Bertz CT molecular complexity index is 1140. The van der Waals surface area contributed by atoms with Crippen molar-refractivity contribution in [1.82, 2.24) is 4.98 Å². The number of carbonyl (C=O) groups excluding carboxylic acids is 1. The van der Waals surface area contributed by atoms with Gasteiger partial charge in [-0.1, -0.05) is 72.0 Å². The third kappa shape index (κ3) is 4.30. The standard InChI is InChI=1S/C24H22N2O2S/c1-17-9-6-7-13-20(17)28-16-22(27)26(15-19-11-4-3-5-12-19)24-25-23-18(2)10-8-14-21(23)29-24/h3-14H,15-16H2,1-2H3. The molecule has 1 heterocycles. The van der Waals surface area contributed by atoms with E-state index in [-0.39, 0.29) is 12.5 Å². The number of hydrogen-bond acceptors (Lipinski definition) is 4. The fraction of sp³-hybridized carbons (Fsp3) is 0.167. The van der Waals surface area contributed by atoms with Gasteiger partial charge in [0.2, 0.25) is 0 Å². The van der Waals surface area contributed by atoms with Crippen molar-refractivity contribution in [2.24, 2.45) is 0 Å². The lowest BCUT2D eigenvalue weighted by Gasteiger charge is -2.20. The van der Waals surface area contributed by atoms with E-state index in [4.69, 9.17) is 9.72 Å². The van der Waals surface area contributed by atoms with E-state index >= 15 is 0 Å². The predicted molar refractivity (Wildman–Crippen MR) is 119 cm³/mol. The second kappa shape index (κ2) is 8.45. The van der Waals surface area contributed by atoms with Gasteiger partial charge in [-0.05, 0) is 42.7 Å². The summed E-state index contributed by atoms with van der Waals surface area (Å²) < 4.78 is 6.90. The Morgan fingerprint density at radius 1 is 0.931 bits per heavy atom. The molecule has 29 heavy (non-hydrogen) atoms. The zero-order chi connectivity index (χ0) is 20.2. The summed E-state index contributed by atoms with van der Waals surface area (Å²) in [5, 5.41) is 0.691. The zero-order valence-electron chi connectivity index (χ0n) is 16.5. The van der Waals surface area contributed by atoms with Crippen LogP contribution in [0.25, 0.3) is 10.2 Å². The van der Waals surface area contributed by atoms with Crippen LogP contribution in [0.1, 0.15) is 16.7 Å². The number of para-hydroxylation sites is 2. The van der Waals surface area contributed by atoms with Crippen LogP contribution in [0, 0.1) is 13.8 Å². The molecule has 146 valence electrons. The summed E-state index contributed by atoms with van der Waals surface area (Å²) in [4.78, 5) is 19.7. The molecule has 1 aromatic heterocycles. The van der Waals surface area contributed by atoms with Gasteiger partial charge in [-0.3, -0.25) is 9.69 Å². The Kier molecular flexibility index (Phi) is 5.58. The average molecular weight is 403 g/mol. The van der Waals surface area contributed by atoms with E-state index in [9.17, 15) is 4.79 Å². The number of amides is 1. The Morgan fingerprint density at radius 3 is 2.41 bits per heavy atom. The molecule has 0 atom stereocenters. The molecule has 0 spiro atoms. The first kappa shape index (κ1) is 19.2. The smallest absolute Gasteiger partial charge is 0.267 e. The molecule has 0 bridgehead atoms. The van der Waals surface area contributed by atoms with Gasteiger partial charge in [0.1, 0.15) is 5.75 Å². The number of aromatic nitrogens is 1. The lowest BCUT2D eigenvalue weighted by Crippen LogP contribution is -2.34. The van der Waals surface area contributed by atoms with E-state index in [2.05, 4.69) is 0 Å². The maximum absolute atomic E-state index is 13.2. The van der Waals surface area contributed by atoms with Crippen molar-refractivity contribution in [2.45, 2.75) is 20.4 Å². The largest absolute Gasteiger partial charge is 0.483 e. The van der Waals surface area contributed by atoms with Gasteiger partial charge in [0.25, 0.3) is 5.91 Å². The van der Waals surface area contributed by atoms with Crippen LogP contribution in [-0.2, 0) is 11.3 Å². The van der Waals surface area contributed by atoms with Crippen LogP contribution in [-0.4, -0.2) is 17.5 Å². The molecule has 0 N–H and O–H groups in total. The average Bonchev–Trinajstić information content (AvgIpc) is 3.17. The Hall–Kier alpha value is -3.18. The normalized spacial score (nSPS) is 10.8. The number of hydrogen-bond donors (Lipinski definition) is 0. The van der Waals surface area contributed by atoms with E-state index in [0.717, 1.165) is 32.7 Å². The van der Waals surface area contributed by atoms with Crippen LogP contribution < -0.4 is 9.64 Å². The monoisotopic (exact) mass is 402 g/mol. The molecular weight excluding hydrogens is 380 g/mol. The Balaban J connectivity index is 1.63. The van der Waals surface area contributed by atoms with Gasteiger partial charge < -0.3 is 4.74 Å². The molecule has 0 radical (unpaired) electrons. The lowest BCUT2D eigenvalue weighted by molar-refractivity contribution is -0.120. The number of benzene rings is 3. The molecule has 0 aliphatic carbocycles. The van der Waals surface area contributed by atoms with Crippen molar-refractivity contribution in [2.75, 3.05) is 11.5 Å². The van der Waals surface area contributed by atoms with Crippen molar-refractivity contribution in [3.05, 3.63) is 89.5 Å². The first-order valence-electron chi connectivity index (χ1n) is 9.50. The SMILES string of the molecule is Cc1ccccc1OCC(=O)N(Cc1ccccc1)c1nc2c(C)cccc2s1. The molecule has 0 fully saturated rings. The number of carbonyl (C=O) groups is 1. The Labute approximate surface area is 174 Å². The number of fused-ring (bicyclic) bond motifs is 1. The highest BCUT2D eigenvalue weighted by atomic mass is 32.1.